The average Bonchev–Trinajstić information content (AvgIpc) is 3.55. The van der Waals surface area contributed by atoms with Gasteiger partial charge in [-0.15, -0.1) is 0 Å². The van der Waals surface area contributed by atoms with Crippen LogP contribution in [-0.2, 0) is 0 Å². The zero-order valence-corrected chi connectivity index (χ0v) is 21.4. The van der Waals surface area contributed by atoms with Crippen LogP contribution in [-0.4, -0.2) is 9.55 Å². The Kier molecular flexibility index (Phi) is 4.85. The molecule has 0 radical (unpaired) electrons. The van der Waals surface area contributed by atoms with E-state index in [0.29, 0.717) is 5.69 Å². The molecule has 0 saturated carbocycles. The van der Waals surface area contributed by atoms with Gasteiger partial charge in [0.15, 0.2) is 0 Å². The topological polar surface area (TPSA) is 54.8 Å². The van der Waals surface area contributed by atoms with Crippen LogP contribution in [0.2, 0.25) is 0 Å². The molecule has 0 spiro atoms. The minimum absolute atomic E-state index is 0.426. The van der Waals surface area contributed by atoms with E-state index in [-0.39, 0.29) is 0 Å². The normalized spacial score (nSPS) is 11.5. The van der Waals surface area contributed by atoms with E-state index in [1.165, 1.54) is 10.8 Å². The van der Waals surface area contributed by atoms with Gasteiger partial charge in [0.05, 0.1) is 11.0 Å². The number of pyridine rings is 1. The Morgan fingerprint density at radius 2 is 1.35 bits per heavy atom. The number of nitrogens with zero attached hydrogens (tertiary/aromatic N) is 3. The number of nitriles is 1. The van der Waals surface area contributed by atoms with Gasteiger partial charge in [-0.25, -0.2) is 4.98 Å². The fourth-order valence-corrected chi connectivity index (χ4v) is 5.88. The molecule has 8 rings (SSSR count). The molecule has 0 aliphatic heterocycles. The number of hydrogen-bond acceptors (Lipinski definition) is 3. The van der Waals surface area contributed by atoms with E-state index < -0.39 is 0 Å². The van der Waals surface area contributed by atoms with Gasteiger partial charge in [0, 0.05) is 45.1 Å². The van der Waals surface area contributed by atoms with E-state index in [1.54, 1.807) is 6.20 Å². The van der Waals surface area contributed by atoms with Crippen molar-refractivity contribution in [2.24, 2.45) is 0 Å². The minimum atomic E-state index is 0.426. The summed E-state index contributed by atoms with van der Waals surface area (Å²) >= 11 is 0. The second-order valence-corrected chi connectivity index (χ2v) is 9.96. The van der Waals surface area contributed by atoms with Crippen molar-refractivity contribution in [2.75, 3.05) is 0 Å². The van der Waals surface area contributed by atoms with Crippen molar-refractivity contribution in [3.8, 4) is 34.0 Å². The summed E-state index contributed by atoms with van der Waals surface area (Å²) in [4.78, 5) is 4.24. The summed E-state index contributed by atoms with van der Waals surface area (Å²) < 4.78 is 8.59. The van der Waals surface area contributed by atoms with E-state index in [0.717, 1.165) is 60.9 Å². The maximum atomic E-state index is 9.57. The fraction of sp³-hybridized carbons (Fsp3) is 0. The molecular formula is C36H21N3O. The van der Waals surface area contributed by atoms with Gasteiger partial charge >= 0.3 is 0 Å². The predicted octanol–water partition coefficient (Wildman–Crippen LogP) is 9.28. The summed E-state index contributed by atoms with van der Waals surface area (Å²) in [6, 6.07) is 44.1. The molecule has 4 heteroatoms. The van der Waals surface area contributed by atoms with Crippen molar-refractivity contribution in [3.05, 3.63) is 133 Å². The summed E-state index contributed by atoms with van der Waals surface area (Å²) in [6.45, 7) is 0. The zero-order valence-electron chi connectivity index (χ0n) is 21.4. The van der Waals surface area contributed by atoms with E-state index >= 15 is 0 Å². The molecule has 3 heterocycles. The lowest BCUT2D eigenvalue weighted by molar-refractivity contribution is 0.669. The number of aromatic nitrogens is 2. The molecule has 0 fully saturated rings. The van der Waals surface area contributed by atoms with Crippen LogP contribution >= 0.6 is 0 Å². The predicted molar refractivity (Wildman–Crippen MR) is 161 cm³/mol. The van der Waals surface area contributed by atoms with E-state index in [4.69, 9.17) is 4.42 Å². The molecule has 0 saturated heterocycles. The molecule has 4 nitrogen and oxygen atoms in total. The first-order valence-electron chi connectivity index (χ1n) is 13.2. The standard InChI is InChI=1S/C36H21N3O/c37-22-32-27(14-7-17-38-32)25-10-5-8-23(18-25)24-9-6-11-26(19-24)39-33-15-3-1-12-28(33)30-20-31-29-13-2-4-16-35(29)40-36(31)21-34(30)39/h1-21H. The van der Waals surface area contributed by atoms with Crippen molar-refractivity contribution in [3.63, 3.8) is 0 Å². The first kappa shape index (κ1) is 22.3. The summed E-state index contributed by atoms with van der Waals surface area (Å²) in [5.74, 6) is 0. The third-order valence-electron chi connectivity index (χ3n) is 7.70. The first-order valence-corrected chi connectivity index (χ1v) is 13.2. The number of rotatable bonds is 3. The summed E-state index contributed by atoms with van der Waals surface area (Å²) in [6.07, 6.45) is 1.65. The van der Waals surface area contributed by atoms with Crippen LogP contribution in [0, 0.1) is 11.3 Å². The molecule has 0 aliphatic rings. The summed E-state index contributed by atoms with van der Waals surface area (Å²) in [5, 5.41) is 14.2. The highest BCUT2D eigenvalue weighted by molar-refractivity contribution is 6.17. The Bertz CT molecular complexity index is 2300. The molecular weight excluding hydrogens is 490 g/mol. The highest BCUT2D eigenvalue weighted by atomic mass is 16.3. The number of benzene rings is 5. The van der Waals surface area contributed by atoms with Crippen LogP contribution in [0.3, 0.4) is 0 Å². The largest absolute Gasteiger partial charge is 0.456 e. The highest BCUT2D eigenvalue weighted by Gasteiger charge is 2.16. The average molecular weight is 512 g/mol. The monoisotopic (exact) mass is 511 g/mol. The molecule has 40 heavy (non-hydrogen) atoms. The van der Waals surface area contributed by atoms with Crippen molar-refractivity contribution >= 4 is 43.7 Å². The quantitative estimate of drug-likeness (QED) is 0.237. The number of furan rings is 1. The molecule has 0 unspecified atom stereocenters. The minimum Gasteiger partial charge on any atom is -0.456 e. The Hall–Kier alpha value is -5.66. The SMILES string of the molecule is N#Cc1ncccc1-c1cccc(-c2cccc(-n3c4ccccc4c4cc5c(cc43)oc3ccccc35)c2)c1. The van der Waals surface area contributed by atoms with Gasteiger partial charge < -0.3 is 8.98 Å². The fourth-order valence-electron chi connectivity index (χ4n) is 5.88. The molecule has 3 aromatic heterocycles. The third kappa shape index (κ3) is 3.35. The third-order valence-corrected chi connectivity index (χ3v) is 7.70. The van der Waals surface area contributed by atoms with E-state index in [1.807, 2.05) is 36.4 Å². The Balaban J connectivity index is 1.33. The Morgan fingerprint density at radius 3 is 2.25 bits per heavy atom. The van der Waals surface area contributed by atoms with Crippen LogP contribution in [0.4, 0.5) is 0 Å². The molecule has 186 valence electrons. The van der Waals surface area contributed by atoms with Crippen molar-refractivity contribution in [1.82, 2.24) is 9.55 Å². The number of hydrogen-bond donors (Lipinski definition) is 0. The molecule has 8 aromatic rings. The van der Waals surface area contributed by atoms with Crippen molar-refractivity contribution in [2.45, 2.75) is 0 Å². The smallest absolute Gasteiger partial charge is 0.148 e. The van der Waals surface area contributed by atoms with Crippen LogP contribution in [0.25, 0.3) is 71.7 Å². The van der Waals surface area contributed by atoms with Crippen LogP contribution in [0.1, 0.15) is 5.69 Å². The molecule has 0 atom stereocenters. The van der Waals surface area contributed by atoms with Gasteiger partial charge in [-0.2, -0.15) is 5.26 Å². The van der Waals surface area contributed by atoms with Gasteiger partial charge in [0.25, 0.3) is 0 Å². The number of para-hydroxylation sites is 2. The van der Waals surface area contributed by atoms with E-state index in [2.05, 4.69) is 101 Å². The maximum absolute atomic E-state index is 9.57. The van der Waals surface area contributed by atoms with Crippen LogP contribution < -0.4 is 0 Å². The maximum Gasteiger partial charge on any atom is 0.148 e. The Morgan fingerprint density at radius 1 is 0.575 bits per heavy atom. The van der Waals surface area contributed by atoms with Gasteiger partial charge in [-0.05, 0) is 65.2 Å². The second-order valence-electron chi connectivity index (χ2n) is 9.96. The lowest BCUT2D eigenvalue weighted by Crippen LogP contribution is -1.94. The molecule has 0 N–H and O–H groups in total. The van der Waals surface area contributed by atoms with Crippen LogP contribution in [0.5, 0.6) is 0 Å². The van der Waals surface area contributed by atoms with Crippen molar-refractivity contribution in [1.29, 1.82) is 5.26 Å². The molecule has 0 aliphatic carbocycles. The molecule has 0 amide bonds. The first-order chi connectivity index (χ1) is 19.8. The van der Waals surface area contributed by atoms with Gasteiger partial charge in [0.2, 0.25) is 0 Å². The zero-order chi connectivity index (χ0) is 26.6. The van der Waals surface area contributed by atoms with Gasteiger partial charge in [-0.3, -0.25) is 0 Å². The summed E-state index contributed by atoms with van der Waals surface area (Å²) in [7, 11) is 0. The van der Waals surface area contributed by atoms with Crippen LogP contribution in [0.15, 0.2) is 132 Å². The highest BCUT2D eigenvalue weighted by Crippen LogP contribution is 2.39. The van der Waals surface area contributed by atoms with Gasteiger partial charge in [-0.1, -0.05) is 66.7 Å². The van der Waals surface area contributed by atoms with Gasteiger partial charge in [0.1, 0.15) is 22.9 Å². The lowest BCUT2D eigenvalue weighted by atomic mass is 9.98. The van der Waals surface area contributed by atoms with Crippen molar-refractivity contribution < 1.29 is 4.42 Å². The van der Waals surface area contributed by atoms with E-state index in [9.17, 15) is 5.26 Å². The Labute approximate surface area is 230 Å². The summed E-state index contributed by atoms with van der Waals surface area (Å²) in [5.41, 5.74) is 9.51. The molecule has 0 bridgehead atoms. The second kappa shape index (κ2) is 8.69. The molecule has 5 aromatic carbocycles. The lowest BCUT2D eigenvalue weighted by Gasteiger charge is -2.11. The number of fused-ring (bicyclic) bond motifs is 6.